The standard InChI is InChI=1S/C9H18F3NO2/c1-7(2)13-4-8(5-14-3)15-6-9(10,11)12/h7-8,13H,4-6H2,1-3H3. The number of hydrogen-bond acceptors (Lipinski definition) is 3. The second-order valence-electron chi connectivity index (χ2n) is 3.57. The topological polar surface area (TPSA) is 30.5 Å². The van der Waals surface area contributed by atoms with Crippen molar-refractivity contribution in [3.8, 4) is 0 Å². The monoisotopic (exact) mass is 229 g/mol. The van der Waals surface area contributed by atoms with E-state index in [2.05, 4.69) is 10.1 Å². The fraction of sp³-hybridized carbons (Fsp3) is 1.00. The number of ether oxygens (including phenoxy) is 2. The smallest absolute Gasteiger partial charge is 0.382 e. The Labute approximate surface area is 87.9 Å². The van der Waals surface area contributed by atoms with E-state index in [0.717, 1.165) is 0 Å². The van der Waals surface area contributed by atoms with Crippen LogP contribution >= 0.6 is 0 Å². The van der Waals surface area contributed by atoms with Crippen molar-refractivity contribution in [1.82, 2.24) is 5.32 Å². The predicted molar refractivity (Wildman–Crippen MR) is 50.8 cm³/mol. The first-order chi connectivity index (χ1) is 6.85. The molecule has 0 aromatic heterocycles. The molecule has 1 N–H and O–H groups in total. The van der Waals surface area contributed by atoms with Crippen molar-refractivity contribution < 1.29 is 22.6 Å². The number of hydrogen-bond donors (Lipinski definition) is 1. The third-order valence-corrected chi connectivity index (χ3v) is 1.59. The van der Waals surface area contributed by atoms with Crippen LogP contribution in [0.3, 0.4) is 0 Å². The van der Waals surface area contributed by atoms with Gasteiger partial charge in [0.25, 0.3) is 0 Å². The number of nitrogens with one attached hydrogen (secondary N) is 1. The quantitative estimate of drug-likeness (QED) is 0.719. The van der Waals surface area contributed by atoms with Crippen molar-refractivity contribution in [1.29, 1.82) is 0 Å². The lowest BCUT2D eigenvalue weighted by Crippen LogP contribution is -2.38. The van der Waals surface area contributed by atoms with Crippen LogP contribution < -0.4 is 5.32 Å². The maximum Gasteiger partial charge on any atom is 0.411 e. The van der Waals surface area contributed by atoms with Crippen molar-refractivity contribution in [2.75, 3.05) is 26.9 Å². The predicted octanol–water partition coefficient (Wildman–Crippen LogP) is 1.58. The third-order valence-electron chi connectivity index (χ3n) is 1.59. The van der Waals surface area contributed by atoms with E-state index in [4.69, 9.17) is 4.74 Å². The summed E-state index contributed by atoms with van der Waals surface area (Å²) in [5.41, 5.74) is 0. The normalized spacial score (nSPS) is 14.6. The zero-order chi connectivity index (χ0) is 11.9. The van der Waals surface area contributed by atoms with Crippen LogP contribution in [0.2, 0.25) is 0 Å². The van der Waals surface area contributed by atoms with E-state index < -0.39 is 18.9 Å². The van der Waals surface area contributed by atoms with Crippen LogP contribution in [0.15, 0.2) is 0 Å². The molecular formula is C9H18F3NO2. The van der Waals surface area contributed by atoms with E-state index in [0.29, 0.717) is 6.54 Å². The molecule has 0 aliphatic rings. The lowest BCUT2D eigenvalue weighted by Gasteiger charge is -2.20. The van der Waals surface area contributed by atoms with Gasteiger partial charge in [-0.05, 0) is 0 Å². The molecule has 0 rings (SSSR count). The summed E-state index contributed by atoms with van der Waals surface area (Å²) in [5.74, 6) is 0. The van der Waals surface area contributed by atoms with E-state index in [1.54, 1.807) is 0 Å². The highest BCUT2D eigenvalue weighted by Gasteiger charge is 2.29. The molecule has 0 aromatic carbocycles. The highest BCUT2D eigenvalue weighted by molar-refractivity contribution is 4.64. The fourth-order valence-corrected chi connectivity index (χ4v) is 0.931. The highest BCUT2D eigenvalue weighted by atomic mass is 19.4. The molecular weight excluding hydrogens is 211 g/mol. The summed E-state index contributed by atoms with van der Waals surface area (Å²) in [6, 6.07) is 0.207. The minimum atomic E-state index is -4.29. The molecule has 0 aliphatic heterocycles. The molecule has 0 fully saturated rings. The molecule has 0 amide bonds. The zero-order valence-corrected chi connectivity index (χ0v) is 9.23. The van der Waals surface area contributed by atoms with Crippen LogP contribution in [0.1, 0.15) is 13.8 Å². The molecule has 92 valence electrons. The molecule has 0 aromatic rings. The average Bonchev–Trinajstić information content (AvgIpc) is 2.08. The minimum Gasteiger partial charge on any atom is -0.382 e. The molecule has 0 spiro atoms. The number of methoxy groups -OCH3 is 1. The maximum atomic E-state index is 11.9. The summed E-state index contributed by atoms with van der Waals surface area (Å²) >= 11 is 0. The van der Waals surface area contributed by atoms with Gasteiger partial charge in [0, 0.05) is 19.7 Å². The van der Waals surface area contributed by atoms with E-state index in [-0.39, 0.29) is 12.6 Å². The van der Waals surface area contributed by atoms with Gasteiger partial charge in [-0.15, -0.1) is 0 Å². The molecule has 0 bridgehead atoms. The van der Waals surface area contributed by atoms with Crippen LogP contribution in [-0.2, 0) is 9.47 Å². The van der Waals surface area contributed by atoms with Crippen LogP contribution in [0.5, 0.6) is 0 Å². The molecule has 3 nitrogen and oxygen atoms in total. The van der Waals surface area contributed by atoms with Gasteiger partial charge in [0.15, 0.2) is 0 Å². The second-order valence-corrected chi connectivity index (χ2v) is 3.57. The first-order valence-corrected chi connectivity index (χ1v) is 4.76. The number of halogens is 3. The van der Waals surface area contributed by atoms with Gasteiger partial charge in [0.2, 0.25) is 0 Å². The molecule has 15 heavy (non-hydrogen) atoms. The SMILES string of the molecule is COCC(CNC(C)C)OCC(F)(F)F. The van der Waals surface area contributed by atoms with Crippen molar-refractivity contribution >= 4 is 0 Å². The molecule has 0 aliphatic carbocycles. The summed E-state index contributed by atoms with van der Waals surface area (Å²) in [6.07, 6.45) is -4.86. The largest absolute Gasteiger partial charge is 0.411 e. The third kappa shape index (κ3) is 9.96. The van der Waals surface area contributed by atoms with Gasteiger partial charge in [-0.2, -0.15) is 13.2 Å². The lowest BCUT2D eigenvalue weighted by molar-refractivity contribution is -0.188. The van der Waals surface area contributed by atoms with E-state index in [9.17, 15) is 13.2 Å². The summed E-state index contributed by atoms with van der Waals surface area (Å²) in [5, 5.41) is 2.99. The van der Waals surface area contributed by atoms with E-state index in [1.807, 2.05) is 13.8 Å². The number of rotatable bonds is 7. The fourth-order valence-electron chi connectivity index (χ4n) is 0.931. The van der Waals surface area contributed by atoms with Crippen LogP contribution in [0.4, 0.5) is 13.2 Å². The van der Waals surface area contributed by atoms with Gasteiger partial charge in [-0.25, -0.2) is 0 Å². The van der Waals surface area contributed by atoms with Crippen LogP contribution in [0.25, 0.3) is 0 Å². The molecule has 0 saturated carbocycles. The van der Waals surface area contributed by atoms with Crippen molar-refractivity contribution in [2.45, 2.75) is 32.2 Å². The minimum absolute atomic E-state index is 0.149. The molecule has 1 unspecified atom stereocenters. The van der Waals surface area contributed by atoms with Gasteiger partial charge in [0.05, 0.1) is 12.7 Å². The van der Waals surface area contributed by atoms with Crippen LogP contribution in [0, 0.1) is 0 Å². The number of alkyl halides is 3. The Bertz CT molecular complexity index is 162. The molecule has 0 saturated heterocycles. The first kappa shape index (κ1) is 14.7. The van der Waals surface area contributed by atoms with Gasteiger partial charge >= 0.3 is 6.18 Å². The molecule has 1 atom stereocenters. The Morgan fingerprint density at radius 3 is 2.27 bits per heavy atom. The van der Waals surface area contributed by atoms with Gasteiger partial charge in [-0.1, -0.05) is 13.8 Å². The van der Waals surface area contributed by atoms with Gasteiger partial charge < -0.3 is 14.8 Å². The van der Waals surface area contributed by atoms with Crippen molar-refractivity contribution in [3.63, 3.8) is 0 Å². The summed E-state index contributed by atoms with van der Waals surface area (Å²) in [4.78, 5) is 0. The highest BCUT2D eigenvalue weighted by Crippen LogP contribution is 2.15. The Balaban J connectivity index is 3.82. The summed E-state index contributed by atoms with van der Waals surface area (Å²) in [7, 11) is 1.43. The molecule has 0 radical (unpaired) electrons. The molecule has 6 heteroatoms. The average molecular weight is 229 g/mol. The lowest BCUT2D eigenvalue weighted by atomic mass is 10.3. The maximum absolute atomic E-state index is 11.9. The Hall–Kier alpha value is -0.330. The Morgan fingerprint density at radius 2 is 1.87 bits per heavy atom. The van der Waals surface area contributed by atoms with Crippen molar-refractivity contribution in [2.24, 2.45) is 0 Å². The van der Waals surface area contributed by atoms with E-state index in [1.165, 1.54) is 7.11 Å². The second kappa shape index (κ2) is 7.03. The molecule has 0 heterocycles. The Morgan fingerprint density at radius 1 is 1.27 bits per heavy atom. The Kier molecular flexibility index (Phi) is 6.87. The zero-order valence-electron chi connectivity index (χ0n) is 9.23. The summed E-state index contributed by atoms with van der Waals surface area (Å²) in [6.45, 7) is 3.08. The van der Waals surface area contributed by atoms with Gasteiger partial charge in [-0.3, -0.25) is 0 Å². The van der Waals surface area contributed by atoms with Crippen LogP contribution in [-0.4, -0.2) is 45.2 Å². The van der Waals surface area contributed by atoms with Crippen molar-refractivity contribution in [3.05, 3.63) is 0 Å². The van der Waals surface area contributed by atoms with Gasteiger partial charge in [0.1, 0.15) is 6.61 Å². The first-order valence-electron chi connectivity index (χ1n) is 4.76. The summed E-state index contributed by atoms with van der Waals surface area (Å²) < 4.78 is 45.1. The van der Waals surface area contributed by atoms with E-state index >= 15 is 0 Å².